The molecule has 6 nitrogen and oxygen atoms in total. The molecule has 0 bridgehead atoms. The lowest BCUT2D eigenvalue weighted by Gasteiger charge is -2.07. The Labute approximate surface area is 139 Å². The van der Waals surface area contributed by atoms with Gasteiger partial charge in [-0.1, -0.05) is 0 Å². The van der Waals surface area contributed by atoms with E-state index in [9.17, 15) is 18.0 Å². The van der Waals surface area contributed by atoms with Gasteiger partial charge in [0.2, 0.25) is 0 Å². The average molecular weight is 429 g/mol. The van der Waals surface area contributed by atoms with Crippen molar-refractivity contribution >= 4 is 44.5 Å². The number of benzene rings is 2. The standard InChI is InChI=1S/C14H8INO5S/c15-8-1-3-9(4-2-8)21-22(19,20)10-5-6-11-12(7-10)14(18)16-13(11)17/h1-7H,(H,16,17,18). The van der Waals surface area contributed by atoms with E-state index < -0.39 is 21.9 Å². The van der Waals surface area contributed by atoms with Crippen LogP contribution < -0.4 is 9.50 Å². The zero-order valence-electron chi connectivity index (χ0n) is 10.9. The van der Waals surface area contributed by atoms with Crippen LogP contribution in [-0.2, 0) is 10.1 Å². The third-order valence-corrected chi connectivity index (χ3v) is 4.98. The number of hydrogen-bond acceptors (Lipinski definition) is 5. The molecule has 0 saturated heterocycles. The third-order valence-electron chi connectivity index (χ3n) is 3.02. The second-order valence-corrected chi connectivity index (χ2v) is 7.27. The summed E-state index contributed by atoms with van der Waals surface area (Å²) in [5.74, 6) is -0.991. The van der Waals surface area contributed by atoms with Gasteiger partial charge in [-0.2, -0.15) is 8.42 Å². The van der Waals surface area contributed by atoms with Gasteiger partial charge in [-0.3, -0.25) is 14.9 Å². The highest BCUT2D eigenvalue weighted by atomic mass is 127. The highest BCUT2D eigenvalue weighted by Gasteiger charge is 2.29. The van der Waals surface area contributed by atoms with Gasteiger partial charge in [0.05, 0.1) is 11.1 Å². The van der Waals surface area contributed by atoms with Crippen LogP contribution in [0.5, 0.6) is 5.75 Å². The Hall–Kier alpha value is -1.94. The number of fused-ring (bicyclic) bond motifs is 1. The van der Waals surface area contributed by atoms with Crippen LogP contribution in [0.2, 0.25) is 0 Å². The molecule has 1 aliphatic rings. The summed E-state index contributed by atoms with van der Waals surface area (Å²) in [5, 5.41) is 2.10. The van der Waals surface area contributed by atoms with E-state index in [0.717, 1.165) is 9.64 Å². The van der Waals surface area contributed by atoms with Crippen LogP contribution in [0.1, 0.15) is 20.7 Å². The summed E-state index contributed by atoms with van der Waals surface area (Å²) in [6.45, 7) is 0. The molecule has 0 spiro atoms. The van der Waals surface area contributed by atoms with E-state index in [0.29, 0.717) is 0 Å². The summed E-state index contributed by atoms with van der Waals surface area (Å²) >= 11 is 2.09. The first kappa shape index (κ1) is 15.0. The Bertz CT molecular complexity index is 890. The van der Waals surface area contributed by atoms with Gasteiger partial charge in [0.15, 0.2) is 0 Å². The molecule has 1 N–H and O–H groups in total. The minimum absolute atomic E-state index is 0.0253. The SMILES string of the molecule is O=C1NC(=O)c2cc(S(=O)(=O)Oc3ccc(I)cc3)ccc21. The summed E-state index contributed by atoms with van der Waals surface area (Å²) < 4.78 is 30.4. The topological polar surface area (TPSA) is 89.5 Å². The molecule has 8 heteroatoms. The predicted molar refractivity (Wildman–Crippen MR) is 85.2 cm³/mol. The molecule has 0 aliphatic carbocycles. The lowest BCUT2D eigenvalue weighted by atomic mass is 10.1. The van der Waals surface area contributed by atoms with Crippen LogP contribution >= 0.6 is 22.6 Å². The Morgan fingerprint density at radius 1 is 0.909 bits per heavy atom. The van der Waals surface area contributed by atoms with Crippen molar-refractivity contribution in [2.45, 2.75) is 4.90 Å². The van der Waals surface area contributed by atoms with Crippen molar-refractivity contribution < 1.29 is 22.2 Å². The Morgan fingerprint density at radius 3 is 2.23 bits per heavy atom. The maximum Gasteiger partial charge on any atom is 0.339 e. The number of carbonyl (C=O) groups excluding carboxylic acids is 2. The number of nitrogens with one attached hydrogen (secondary N) is 1. The average Bonchev–Trinajstić information content (AvgIpc) is 2.76. The normalized spacial score (nSPS) is 13.7. The van der Waals surface area contributed by atoms with Crippen LogP contribution in [0.15, 0.2) is 47.4 Å². The number of amides is 2. The van der Waals surface area contributed by atoms with E-state index in [1.165, 1.54) is 24.3 Å². The zero-order valence-corrected chi connectivity index (χ0v) is 13.8. The van der Waals surface area contributed by atoms with Gasteiger partial charge < -0.3 is 4.18 Å². The molecule has 0 aromatic heterocycles. The van der Waals surface area contributed by atoms with Crippen LogP contribution in [0.3, 0.4) is 0 Å². The molecule has 2 aromatic rings. The van der Waals surface area contributed by atoms with Crippen LogP contribution in [0, 0.1) is 3.57 Å². The van der Waals surface area contributed by atoms with Gasteiger partial charge in [0.25, 0.3) is 11.8 Å². The van der Waals surface area contributed by atoms with E-state index in [1.54, 1.807) is 12.1 Å². The molecule has 1 heterocycles. The van der Waals surface area contributed by atoms with E-state index in [2.05, 4.69) is 27.9 Å². The third kappa shape index (κ3) is 2.71. The smallest absolute Gasteiger partial charge is 0.339 e. The molecule has 112 valence electrons. The number of rotatable bonds is 3. The fourth-order valence-electron chi connectivity index (χ4n) is 1.97. The first-order valence-corrected chi connectivity index (χ1v) is 8.55. The first-order valence-electron chi connectivity index (χ1n) is 6.06. The lowest BCUT2D eigenvalue weighted by Crippen LogP contribution is -2.19. The Kier molecular flexibility index (Phi) is 3.65. The van der Waals surface area contributed by atoms with Crippen molar-refractivity contribution in [2.75, 3.05) is 0 Å². The molecule has 0 unspecified atom stereocenters. The van der Waals surface area contributed by atoms with Crippen molar-refractivity contribution in [3.05, 3.63) is 57.2 Å². The molecule has 1 aliphatic heterocycles. The number of halogens is 1. The lowest BCUT2D eigenvalue weighted by molar-refractivity contribution is 0.0879. The highest BCUT2D eigenvalue weighted by molar-refractivity contribution is 14.1. The fourth-order valence-corrected chi connectivity index (χ4v) is 3.28. The molecule has 22 heavy (non-hydrogen) atoms. The van der Waals surface area contributed by atoms with E-state index in [4.69, 9.17) is 4.18 Å². The van der Waals surface area contributed by atoms with Crippen molar-refractivity contribution in [3.8, 4) is 5.75 Å². The molecule has 2 aromatic carbocycles. The van der Waals surface area contributed by atoms with Gasteiger partial charge in [-0.05, 0) is 65.1 Å². The summed E-state index contributed by atoms with van der Waals surface area (Å²) in [5.41, 5.74) is 0.176. The van der Waals surface area contributed by atoms with Crippen molar-refractivity contribution in [1.29, 1.82) is 0 Å². The van der Waals surface area contributed by atoms with Crippen LogP contribution in [0.25, 0.3) is 0 Å². The Balaban J connectivity index is 1.96. The minimum Gasteiger partial charge on any atom is -0.379 e. The van der Waals surface area contributed by atoms with E-state index in [1.807, 2.05) is 0 Å². The minimum atomic E-state index is -4.08. The summed E-state index contributed by atoms with van der Waals surface area (Å²) in [6.07, 6.45) is 0. The molecule has 0 saturated carbocycles. The molecule has 2 amide bonds. The van der Waals surface area contributed by atoms with Gasteiger partial charge in [0, 0.05) is 3.57 Å². The van der Waals surface area contributed by atoms with Gasteiger partial charge in [-0.15, -0.1) is 0 Å². The molecule has 0 fully saturated rings. The van der Waals surface area contributed by atoms with E-state index in [-0.39, 0.29) is 21.8 Å². The number of carbonyl (C=O) groups is 2. The van der Waals surface area contributed by atoms with E-state index >= 15 is 0 Å². The maximum absolute atomic E-state index is 12.2. The zero-order chi connectivity index (χ0) is 15.9. The first-order chi connectivity index (χ1) is 10.4. The van der Waals surface area contributed by atoms with Crippen molar-refractivity contribution in [2.24, 2.45) is 0 Å². The van der Waals surface area contributed by atoms with Crippen LogP contribution in [-0.4, -0.2) is 20.2 Å². The number of imide groups is 1. The van der Waals surface area contributed by atoms with Gasteiger partial charge in [-0.25, -0.2) is 0 Å². The van der Waals surface area contributed by atoms with Crippen molar-refractivity contribution in [1.82, 2.24) is 5.32 Å². The Morgan fingerprint density at radius 2 is 1.55 bits per heavy atom. The molecule has 3 rings (SSSR count). The highest BCUT2D eigenvalue weighted by Crippen LogP contribution is 2.23. The molecule has 0 atom stereocenters. The van der Waals surface area contributed by atoms with Gasteiger partial charge >= 0.3 is 10.1 Å². The maximum atomic E-state index is 12.2. The van der Waals surface area contributed by atoms with Crippen molar-refractivity contribution in [3.63, 3.8) is 0 Å². The summed E-state index contributed by atoms with van der Waals surface area (Å²) in [7, 11) is -4.08. The summed E-state index contributed by atoms with van der Waals surface area (Å²) in [6, 6.07) is 10.1. The second kappa shape index (κ2) is 5.36. The number of hydrogen-bond donors (Lipinski definition) is 1. The predicted octanol–water partition coefficient (Wildman–Crippen LogP) is 1.94. The molecular weight excluding hydrogens is 421 g/mol. The van der Waals surface area contributed by atoms with Gasteiger partial charge in [0.1, 0.15) is 10.6 Å². The fraction of sp³-hybridized carbons (Fsp3) is 0. The monoisotopic (exact) mass is 429 g/mol. The second-order valence-electron chi connectivity index (χ2n) is 4.48. The quantitative estimate of drug-likeness (QED) is 0.458. The molecular formula is C14H8INO5S. The van der Waals surface area contributed by atoms with Crippen LogP contribution in [0.4, 0.5) is 0 Å². The molecule has 0 radical (unpaired) electrons. The summed E-state index contributed by atoms with van der Waals surface area (Å²) in [4.78, 5) is 22.8. The largest absolute Gasteiger partial charge is 0.379 e.